The van der Waals surface area contributed by atoms with Gasteiger partial charge in [-0.05, 0) is 95.2 Å². The predicted octanol–water partition coefficient (Wildman–Crippen LogP) is 8.63. The molecule has 0 spiro atoms. The second-order valence-corrected chi connectivity index (χ2v) is 22.4. The first kappa shape index (κ1) is 43.0. The summed E-state index contributed by atoms with van der Waals surface area (Å²) >= 11 is 4.59. The van der Waals surface area contributed by atoms with Crippen LogP contribution in [0.25, 0.3) is 30.6 Å². The molecule has 0 saturated carbocycles. The molecule has 3 unspecified atom stereocenters. The van der Waals surface area contributed by atoms with Gasteiger partial charge in [-0.1, -0.05) is 71.9 Å². The smallest absolute Gasteiger partial charge is 0.236 e. The second kappa shape index (κ2) is 16.1. The highest BCUT2D eigenvalue weighted by Gasteiger charge is 2.37. The first-order valence-corrected chi connectivity index (χ1v) is 24.1. The summed E-state index contributed by atoms with van der Waals surface area (Å²) in [5.41, 5.74) is 6.06. The average Bonchev–Trinajstić information content (AvgIpc) is 3.97. The molecule has 3 N–H and O–H groups in total. The lowest BCUT2D eigenvalue weighted by atomic mass is 9.72. The molecule has 15 heteroatoms. The quantitative estimate of drug-likeness (QED) is 0.107. The van der Waals surface area contributed by atoms with Gasteiger partial charge in [-0.25, -0.2) is 15.0 Å². The lowest BCUT2D eigenvalue weighted by Crippen LogP contribution is -2.39. The van der Waals surface area contributed by atoms with Gasteiger partial charge >= 0.3 is 0 Å². The van der Waals surface area contributed by atoms with Crippen LogP contribution < -0.4 is 16.0 Å². The number of para-hydroxylation sites is 1. The minimum atomic E-state index is -0.502. The molecule has 6 heterocycles. The highest BCUT2D eigenvalue weighted by molar-refractivity contribution is 7.19. The highest BCUT2D eigenvalue weighted by atomic mass is 32.1. The van der Waals surface area contributed by atoms with Crippen LogP contribution in [0.4, 0.5) is 0 Å². The third kappa shape index (κ3) is 8.23. The standard InChI is InChI=1S/C48H50N6O6S3/c1-46(2,19-20-47(3,4)30-10-7-11-31-39(30)63-43(49-31)26-13-16-34(55)51-40(26)58)25-21-24(38-32(22-25)50-44(62-38)27-14-17-35(56)52-41(27)59)23-48(5,6)29-9-8-12-33-37(29)54-45(61-33)28-15-18-36(57)53-42(28)60/h7-12,21-22,26-28H,13-20,23H2,1-6H3,(H,51,55,58)(H,52,56,59)(H,53,57,60). The molecule has 0 bridgehead atoms. The van der Waals surface area contributed by atoms with Crippen LogP contribution >= 0.6 is 34.0 Å². The van der Waals surface area contributed by atoms with E-state index in [9.17, 15) is 28.8 Å². The van der Waals surface area contributed by atoms with Crippen molar-refractivity contribution in [2.45, 2.75) is 133 Å². The molecule has 3 saturated heterocycles. The molecule has 6 amide bonds. The van der Waals surface area contributed by atoms with Crippen molar-refractivity contribution in [2.75, 3.05) is 0 Å². The zero-order valence-electron chi connectivity index (χ0n) is 36.2. The number of amides is 6. The monoisotopic (exact) mass is 902 g/mol. The van der Waals surface area contributed by atoms with Gasteiger partial charge in [0, 0.05) is 19.3 Å². The van der Waals surface area contributed by atoms with E-state index < -0.39 is 23.2 Å². The number of fused-ring (bicyclic) bond motifs is 3. The number of carbonyl (C=O) groups excluding carboxylic acids is 6. The number of aromatic nitrogens is 3. The average molecular weight is 903 g/mol. The van der Waals surface area contributed by atoms with E-state index in [0.29, 0.717) is 42.1 Å². The van der Waals surface area contributed by atoms with Crippen LogP contribution in [-0.2, 0) is 51.4 Å². The molecular formula is C48H50N6O6S3. The van der Waals surface area contributed by atoms with E-state index in [2.05, 4.69) is 81.8 Å². The number of hydrogen-bond donors (Lipinski definition) is 3. The Balaban J connectivity index is 1.05. The van der Waals surface area contributed by atoms with Crippen LogP contribution in [-0.4, -0.2) is 50.4 Å². The van der Waals surface area contributed by atoms with Crippen molar-refractivity contribution < 1.29 is 28.8 Å². The summed E-state index contributed by atoms with van der Waals surface area (Å²) in [6.45, 7) is 13.5. The number of rotatable bonds is 11. The molecule has 3 aromatic heterocycles. The number of carbonyl (C=O) groups is 6. The lowest BCUT2D eigenvalue weighted by Gasteiger charge is -2.33. The second-order valence-electron chi connectivity index (χ2n) is 19.3. The summed E-state index contributed by atoms with van der Waals surface area (Å²) in [4.78, 5) is 89.7. The van der Waals surface area contributed by atoms with E-state index >= 15 is 0 Å². The number of piperidine rings is 3. The topological polar surface area (TPSA) is 177 Å². The van der Waals surface area contributed by atoms with Crippen LogP contribution in [0.2, 0.25) is 0 Å². The Labute approximate surface area is 377 Å². The van der Waals surface area contributed by atoms with Crippen molar-refractivity contribution in [3.8, 4) is 0 Å². The molecule has 9 rings (SSSR count). The largest absolute Gasteiger partial charge is 0.296 e. The van der Waals surface area contributed by atoms with E-state index in [0.717, 1.165) is 65.2 Å². The normalized spacial score (nSPS) is 20.4. The number of thiazole rings is 3. The number of imide groups is 3. The fourth-order valence-corrected chi connectivity index (χ4v) is 13.1. The van der Waals surface area contributed by atoms with Gasteiger partial charge in [-0.2, -0.15) is 0 Å². The highest BCUT2D eigenvalue weighted by Crippen LogP contribution is 2.45. The molecule has 0 aliphatic carbocycles. The Bertz CT molecular complexity index is 2900. The van der Waals surface area contributed by atoms with Gasteiger partial charge in [0.2, 0.25) is 35.4 Å². The minimum absolute atomic E-state index is 0.239. The predicted molar refractivity (Wildman–Crippen MR) is 246 cm³/mol. The van der Waals surface area contributed by atoms with E-state index in [1.165, 1.54) is 28.2 Å². The Morgan fingerprint density at radius 2 is 1.06 bits per heavy atom. The van der Waals surface area contributed by atoms with Crippen molar-refractivity contribution >= 4 is 100 Å². The van der Waals surface area contributed by atoms with Gasteiger partial charge in [-0.3, -0.25) is 44.7 Å². The van der Waals surface area contributed by atoms with E-state index in [-0.39, 0.29) is 59.1 Å². The third-order valence-electron chi connectivity index (χ3n) is 13.3. The molecule has 3 atom stereocenters. The Morgan fingerprint density at radius 1 is 0.556 bits per heavy atom. The first-order chi connectivity index (χ1) is 29.9. The number of nitrogens with one attached hydrogen (secondary N) is 3. The van der Waals surface area contributed by atoms with Gasteiger partial charge in [-0.15, -0.1) is 34.0 Å². The lowest BCUT2D eigenvalue weighted by molar-refractivity contribution is -0.135. The maximum Gasteiger partial charge on any atom is 0.236 e. The SMILES string of the molecule is CC(C)(CCC(C)(C)c1cccc2nc(C3CCC(=O)NC3=O)sc12)c1cc(CC(C)(C)c2cccc3sc(C4CCC(=O)NC4=O)nc23)c2sc(C3CCC(=O)NC3=O)nc2c1. The molecule has 12 nitrogen and oxygen atoms in total. The molecular weight excluding hydrogens is 853 g/mol. The molecule has 0 radical (unpaired) electrons. The molecule has 3 aliphatic heterocycles. The fourth-order valence-electron chi connectivity index (χ4n) is 9.36. The van der Waals surface area contributed by atoms with E-state index in [1.54, 1.807) is 11.3 Å². The molecule has 3 fully saturated rings. The van der Waals surface area contributed by atoms with Crippen molar-refractivity contribution in [1.29, 1.82) is 0 Å². The van der Waals surface area contributed by atoms with Crippen LogP contribution in [0.5, 0.6) is 0 Å². The fraction of sp³-hybridized carbons (Fsp3) is 0.438. The van der Waals surface area contributed by atoms with Gasteiger partial charge < -0.3 is 0 Å². The van der Waals surface area contributed by atoms with Crippen LogP contribution in [0.1, 0.15) is 148 Å². The number of benzene rings is 3. The van der Waals surface area contributed by atoms with Crippen LogP contribution in [0.3, 0.4) is 0 Å². The van der Waals surface area contributed by atoms with Gasteiger partial charge in [0.1, 0.15) is 15.0 Å². The zero-order chi connectivity index (χ0) is 44.6. The van der Waals surface area contributed by atoms with Gasteiger partial charge in [0.25, 0.3) is 0 Å². The van der Waals surface area contributed by atoms with E-state index in [4.69, 9.17) is 15.0 Å². The summed E-state index contributed by atoms with van der Waals surface area (Å²) in [6.07, 6.45) is 4.51. The van der Waals surface area contributed by atoms with Crippen molar-refractivity contribution in [3.05, 3.63) is 85.8 Å². The van der Waals surface area contributed by atoms with Gasteiger partial charge in [0.05, 0.1) is 48.4 Å². The summed E-state index contributed by atoms with van der Waals surface area (Å²) in [7, 11) is 0. The number of nitrogens with zero attached hydrogens (tertiary/aromatic N) is 3. The molecule has 6 aromatic rings. The molecule has 63 heavy (non-hydrogen) atoms. The summed E-state index contributed by atoms with van der Waals surface area (Å²) < 4.78 is 3.07. The maximum absolute atomic E-state index is 13.1. The van der Waals surface area contributed by atoms with E-state index in [1.807, 2.05) is 24.3 Å². The Morgan fingerprint density at radius 3 is 1.65 bits per heavy atom. The van der Waals surface area contributed by atoms with Crippen molar-refractivity contribution in [2.24, 2.45) is 0 Å². The Hall–Kier alpha value is -5.25. The minimum Gasteiger partial charge on any atom is -0.296 e. The zero-order valence-corrected chi connectivity index (χ0v) is 38.7. The Kier molecular flexibility index (Phi) is 11.0. The molecule has 3 aliphatic rings. The number of hydrogen-bond acceptors (Lipinski definition) is 12. The van der Waals surface area contributed by atoms with Gasteiger partial charge in [0.15, 0.2) is 0 Å². The van der Waals surface area contributed by atoms with Crippen LogP contribution in [0, 0.1) is 0 Å². The van der Waals surface area contributed by atoms with Crippen molar-refractivity contribution in [3.63, 3.8) is 0 Å². The van der Waals surface area contributed by atoms with Crippen molar-refractivity contribution in [1.82, 2.24) is 30.9 Å². The first-order valence-electron chi connectivity index (χ1n) is 21.6. The summed E-state index contributed by atoms with van der Waals surface area (Å²) in [5.74, 6) is -3.04. The molecule has 326 valence electrons. The summed E-state index contributed by atoms with van der Waals surface area (Å²) in [6, 6.07) is 16.9. The molecule has 3 aromatic carbocycles. The van der Waals surface area contributed by atoms with Crippen LogP contribution in [0.15, 0.2) is 48.5 Å². The third-order valence-corrected chi connectivity index (χ3v) is 16.9. The summed E-state index contributed by atoms with van der Waals surface area (Å²) in [5, 5.41) is 9.63. The maximum atomic E-state index is 13.1.